The van der Waals surface area contributed by atoms with Gasteiger partial charge >= 0.3 is 0 Å². The van der Waals surface area contributed by atoms with Crippen molar-refractivity contribution in [1.29, 1.82) is 0 Å². The third-order valence-electron chi connectivity index (χ3n) is 2.88. The van der Waals surface area contributed by atoms with Crippen LogP contribution in [0.1, 0.15) is 25.6 Å². The fourth-order valence-corrected chi connectivity index (χ4v) is 1.72. The van der Waals surface area contributed by atoms with Gasteiger partial charge in [0, 0.05) is 20.6 Å². The number of rotatable bonds is 5. The van der Waals surface area contributed by atoms with E-state index in [-0.39, 0.29) is 11.8 Å². The summed E-state index contributed by atoms with van der Waals surface area (Å²) in [7, 11) is 3.55. The van der Waals surface area contributed by atoms with Crippen LogP contribution in [0, 0.1) is 5.92 Å². The predicted molar refractivity (Wildman–Crippen MR) is 71.4 cm³/mol. The largest absolute Gasteiger partial charge is 0.387 e. The summed E-state index contributed by atoms with van der Waals surface area (Å²) in [6.07, 6.45) is 1.15. The molecule has 0 saturated carbocycles. The molecular formula is C13H21N3O2. The highest BCUT2D eigenvalue weighted by Crippen LogP contribution is 2.16. The number of carbonyl (C=O) groups excluding carboxylic acids is 1. The monoisotopic (exact) mass is 251 g/mol. The summed E-state index contributed by atoms with van der Waals surface area (Å²) in [6.45, 7) is 4.18. The third kappa shape index (κ3) is 3.70. The number of hydrogen-bond donors (Lipinski definition) is 2. The van der Waals surface area contributed by atoms with Gasteiger partial charge in [-0.05, 0) is 19.1 Å². The highest BCUT2D eigenvalue weighted by molar-refractivity contribution is 5.78. The lowest BCUT2D eigenvalue weighted by molar-refractivity contribution is -0.123. The molecule has 100 valence electrons. The van der Waals surface area contributed by atoms with Crippen molar-refractivity contribution in [2.75, 3.05) is 25.5 Å². The summed E-state index contributed by atoms with van der Waals surface area (Å²) in [5.41, 5.74) is 1.57. The maximum atomic E-state index is 11.4. The van der Waals surface area contributed by atoms with Gasteiger partial charge in [0.15, 0.2) is 0 Å². The van der Waals surface area contributed by atoms with Crippen molar-refractivity contribution in [2.24, 2.45) is 5.92 Å². The number of anilines is 1. The first-order valence-electron chi connectivity index (χ1n) is 6.02. The molecule has 1 rings (SSSR count). The van der Waals surface area contributed by atoms with Gasteiger partial charge in [0.2, 0.25) is 5.91 Å². The molecule has 2 atom stereocenters. The number of aromatic nitrogens is 1. The van der Waals surface area contributed by atoms with Crippen molar-refractivity contribution in [2.45, 2.75) is 20.0 Å². The molecule has 0 saturated heterocycles. The van der Waals surface area contributed by atoms with Crippen molar-refractivity contribution in [3.05, 3.63) is 24.0 Å². The van der Waals surface area contributed by atoms with Crippen molar-refractivity contribution >= 4 is 11.6 Å². The zero-order valence-electron chi connectivity index (χ0n) is 11.3. The first kappa shape index (κ1) is 14.4. The number of aliphatic hydroxyl groups is 1. The molecule has 18 heavy (non-hydrogen) atoms. The van der Waals surface area contributed by atoms with Crippen molar-refractivity contribution in [1.82, 2.24) is 10.3 Å². The molecule has 1 amide bonds. The molecule has 0 aromatic carbocycles. The topological polar surface area (TPSA) is 65.5 Å². The van der Waals surface area contributed by atoms with E-state index in [1.54, 1.807) is 26.2 Å². The molecule has 2 N–H and O–H groups in total. The molecular weight excluding hydrogens is 230 g/mol. The highest BCUT2D eigenvalue weighted by Gasteiger charge is 2.14. The summed E-state index contributed by atoms with van der Waals surface area (Å²) < 4.78 is 0. The van der Waals surface area contributed by atoms with Crippen LogP contribution in [-0.4, -0.2) is 36.6 Å². The second-order valence-corrected chi connectivity index (χ2v) is 4.51. The predicted octanol–water partition coefficient (Wildman–Crippen LogP) is 0.953. The first-order valence-corrected chi connectivity index (χ1v) is 6.02. The summed E-state index contributed by atoms with van der Waals surface area (Å²) in [5, 5.41) is 12.0. The molecule has 1 heterocycles. The van der Waals surface area contributed by atoms with Crippen molar-refractivity contribution in [3.63, 3.8) is 0 Å². The van der Waals surface area contributed by atoms with Crippen LogP contribution in [-0.2, 0) is 4.79 Å². The van der Waals surface area contributed by atoms with E-state index in [4.69, 9.17) is 0 Å². The zero-order chi connectivity index (χ0) is 13.7. The van der Waals surface area contributed by atoms with E-state index >= 15 is 0 Å². The Morgan fingerprint density at radius 2 is 2.17 bits per heavy atom. The lowest BCUT2D eigenvalue weighted by atomic mass is 10.1. The molecule has 1 unspecified atom stereocenters. The molecule has 0 bridgehead atoms. The van der Waals surface area contributed by atoms with Gasteiger partial charge in [0.1, 0.15) is 0 Å². The molecule has 0 aliphatic carbocycles. The van der Waals surface area contributed by atoms with Crippen LogP contribution in [0.2, 0.25) is 0 Å². The summed E-state index contributed by atoms with van der Waals surface area (Å²) in [5.74, 6) is -0.0631. The van der Waals surface area contributed by atoms with E-state index in [0.717, 1.165) is 5.69 Å². The molecule has 0 spiro atoms. The molecule has 1 aromatic rings. The second-order valence-electron chi connectivity index (χ2n) is 4.51. The summed E-state index contributed by atoms with van der Waals surface area (Å²) >= 11 is 0. The number of pyridine rings is 1. The van der Waals surface area contributed by atoms with Gasteiger partial charge in [-0.1, -0.05) is 6.92 Å². The fraction of sp³-hybridized carbons (Fsp3) is 0.538. The molecule has 5 heteroatoms. The Morgan fingerprint density at radius 1 is 1.50 bits per heavy atom. The Kier molecular flexibility index (Phi) is 5.09. The Morgan fingerprint density at radius 3 is 2.61 bits per heavy atom. The molecule has 0 aliphatic heterocycles. The van der Waals surface area contributed by atoms with Gasteiger partial charge in [0.05, 0.1) is 29.6 Å². The van der Waals surface area contributed by atoms with Gasteiger partial charge in [-0.25, -0.2) is 0 Å². The number of carbonyl (C=O) groups is 1. The van der Waals surface area contributed by atoms with Crippen LogP contribution in [0.5, 0.6) is 0 Å². The Hall–Kier alpha value is -1.62. The average molecular weight is 251 g/mol. The lowest BCUT2D eigenvalue weighted by Gasteiger charge is -2.22. The van der Waals surface area contributed by atoms with E-state index < -0.39 is 6.10 Å². The van der Waals surface area contributed by atoms with Crippen molar-refractivity contribution < 1.29 is 9.90 Å². The number of nitrogens with zero attached hydrogens (tertiary/aromatic N) is 2. The second kappa shape index (κ2) is 6.35. The third-order valence-corrected chi connectivity index (χ3v) is 2.88. The minimum Gasteiger partial charge on any atom is -0.387 e. The van der Waals surface area contributed by atoms with Crippen LogP contribution < -0.4 is 10.2 Å². The van der Waals surface area contributed by atoms with E-state index in [9.17, 15) is 9.90 Å². The van der Waals surface area contributed by atoms with Gasteiger partial charge in [-0.3, -0.25) is 9.78 Å². The van der Waals surface area contributed by atoms with Gasteiger partial charge in [0.25, 0.3) is 0 Å². The summed E-state index contributed by atoms with van der Waals surface area (Å²) in [6, 6.07) is 3.69. The molecule has 1 aromatic heterocycles. The zero-order valence-corrected chi connectivity index (χ0v) is 11.3. The van der Waals surface area contributed by atoms with Crippen LogP contribution >= 0.6 is 0 Å². The Balaban J connectivity index is 2.67. The highest BCUT2D eigenvalue weighted by atomic mass is 16.3. The quantitative estimate of drug-likeness (QED) is 0.818. The maximum absolute atomic E-state index is 11.4. The first-order chi connectivity index (χ1) is 8.45. The normalized spacial score (nSPS) is 13.8. The van der Waals surface area contributed by atoms with E-state index in [2.05, 4.69) is 10.3 Å². The molecule has 0 aliphatic rings. The fourth-order valence-electron chi connectivity index (χ4n) is 1.72. The lowest BCUT2D eigenvalue weighted by Crippen LogP contribution is -2.34. The molecule has 0 fully saturated rings. The smallest absolute Gasteiger partial charge is 0.224 e. The van der Waals surface area contributed by atoms with Crippen molar-refractivity contribution in [3.8, 4) is 0 Å². The van der Waals surface area contributed by atoms with E-state index in [1.807, 2.05) is 24.9 Å². The standard InChI is InChI=1S/C13H21N3O2/c1-9(13(18)14-3)8-16(4)11-5-6-12(10(2)17)15-7-11/h5-7,9-10,17H,8H2,1-4H3,(H,14,18)/t9?,10-/m1/s1. The Bertz CT molecular complexity index is 390. The van der Waals surface area contributed by atoms with Crippen LogP contribution in [0.3, 0.4) is 0 Å². The van der Waals surface area contributed by atoms with Crippen LogP contribution in [0.4, 0.5) is 5.69 Å². The molecule has 5 nitrogen and oxygen atoms in total. The van der Waals surface area contributed by atoms with E-state index in [1.165, 1.54) is 0 Å². The average Bonchev–Trinajstić information content (AvgIpc) is 2.37. The molecule has 0 radical (unpaired) electrons. The SMILES string of the molecule is CNC(=O)C(C)CN(C)c1ccc([C@@H](C)O)nc1. The minimum absolute atomic E-state index is 0.0235. The Labute approximate surface area is 108 Å². The van der Waals surface area contributed by atoms with E-state index in [0.29, 0.717) is 12.2 Å². The number of amides is 1. The number of hydrogen-bond acceptors (Lipinski definition) is 4. The summed E-state index contributed by atoms with van der Waals surface area (Å²) in [4.78, 5) is 17.6. The van der Waals surface area contributed by atoms with Gasteiger partial charge in [-0.15, -0.1) is 0 Å². The van der Waals surface area contributed by atoms with Crippen LogP contribution in [0.25, 0.3) is 0 Å². The van der Waals surface area contributed by atoms with Gasteiger partial charge in [-0.2, -0.15) is 0 Å². The minimum atomic E-state index is -0.561. The number of aliphatic hydroxyl groups excluding tert-OH is 1. The number of nitrogens with one attached hydrogen (secondary N) is 1. The van der Waals surface area contributed by atoms with Gasteiger partial charge < -0.3 is 15.3 Å². The maximum Gasteiger partial charge on any atom is 0.224 e. The van der Waals surface area contributed by atoms with Crippen LogP contribution in [0.15, 0.2) is 18.3 Å².